The minimum atomic E-state index is -0.420. The summed E-state index contributed by atoms with van der Waals surface area (Å²) in [5.74, 6) is -0.184. The Morgan fingerprint density at radius 2 is 2.00 bits per heavy atom. The van der Waals surface area contributed by atoms with Crippen LogP contribution in [0.5, 0.6) is 0 Å². The van der Waals surface area contributed by atoms with Gasteiger partial charge in [0.2, 0.25) is 0 Å². The number of hydrogen-bond acceptors (Lipinski definition) is 4. The Morgan fingerprint density at radius 1 is 1.17 bits per heavy atom. The molecule has 1 fully saturated rings. The lowest BCUT2D eigenvalue weighted by atomic mass is 10.0. The van der Waals surface area contributed by atoms with Crippen molar-refractivity contribution in [3.8, 4) is 0 Å². The smallest absolute Gasteiger partial charge is 0.328 e. The number of rotatable bonds is 9. The molecule has 164 valence electrons. The highest BCUT2D eigenvalue weighted by Crippen LogP contribution is 2.16. The average molecular weight is 415 g/mol. The number of H-pyrrole nitrogens is 1. The van der Waals surface area contributed by atoms with E-state index in [0.717, 1.165) is 38.8 Å². The summed E-state index contributed by atoms with van der Waals surface area (Å²) in [6, 6.07) is 5.50. The largest absolute Gasteiger partial charge is 0.352 e. The van der Waals surface area contributed by atoms with Gasteiger partial charge in [-0.2, -0.15) is 0 Å². The molecule has 1 amide bonds. The van der Waals surface area contributed by atoms with Gasteiger partial charge in [0.25, 0.3) is 11.5 Å². The molecule has 1 saturated heterocycles. The van der Waals surface area contributed by atoms with E-state index in [0.29, 0.717) is 35.6 Å². The number of amides is 1. The van der Waals surface area contributed by atoms with Crippen molar-refractivity contribution in [3.63, 3.8) is 0 Å². The average Bonchev–Trinajstić information content (AvgIpc) is 2.74. The molecule has 0 aliphatic carbocycles. The van der Waals surface area contributed by atoms with Crippen LogP contribution in [0.2, 0.25) is 0 Å². The second-order valence-corrected chi connectivity index (χ2v) is 8.34. The van der Waals surface area contributed by atoms with Gasteiger partial charge in [0.05, 0.1) is 10.9 Å². The predicted molar refractivity (Wildman–Crippen MR) is 120 cm³/mol. The molecule has 0 unspecified atom stereocenters. The summed E-state index contributed by atoms with van der Waals surface area (Å²) in [5.41, 5.74) is 0.142. The van der Waals surface area contributed by atoms with E-state index in [9.17, 15) is 14.4 Å². The Balaban J connectivity index is 1.61. The van der Waals surface area contributed by atoms with Crippen LogP contribution < -0.4 is 16.6 Å². The van der Waals surface area contributed by atoms with E-state index < -0.39 is 5.69 Å². The van der Waals surface area contributed by atoms with E-state index >= 15 is 0 Å². The lowest BCUT2D eigenvalue weighted by Crippen LogP contribution is -2.39. The SMILES string of the molecule is CCCCCn1c(=O)[nH]c2cc(C(=O)NCCCN3CCCC[C@@H]3C)ccc2c1=O. The third-order valence-corrected chi connectivity index (χ3v) is 6.08. The number of benzene rings is 1. The second kappa shape index (κ2) is 10.6. The number of piperidine rings is 1. The summed E-state index contributed by atoms with van der Waals surface area (Å²) in [5, 5.41) is 3.38. The number of aromatic nitrogens is 2. The van der Waals surface area contributed by atoms with Gasteiger partial charge in [-0.15, -0.1) is 0 Å². The number of hydrogen-bond donors (Lipinski definition) is 2. The number of fused-ring (bicyclic) bond motifs is 1. The molecule has 2 N–H and O–H groups in total. The van der Waals surface area contributed by atoms with Gasteiger partial charge >= 0.3 is 5.69 Å². The van der Waals surface area contributed by atoms with Crippen molar-refractivity contribution in [2.75, 3.05) is 19.6 Å². The first-order chi connectivity index (χ1) is 14.5. The number of nitrogens with one attached hydrogen (secondary N) is 2. The molecule has 7 heteroatoms. The number of likely N-dealkylation sites (tertiary alicyclic amines) is 1. The van der Waals surface area contributed by atoms with E-state index in [-0.39, 0.29) is 11.5 Å². The van der Waals surface area contributed by atoms with Gasteiger partial charge < -0.3 is 15.2 Å². The van der Waals surface area contributed by atoms with E-state index in [4.69, 9.17) is 0 Å². The van der Waals surface area contributed by atoms with Crippen molar-refractivity contribution in [3.05, 3.63) is 44.6 Å². The van der Waals surface area contributed by atoms with Gasteiger partial charge in [-0.05, 0) is 57.4 Å². The first-order valence-electron chi connectivity index (χ1n) is 11.3. The van der Waals surface area contributed by atoms with Gasteiger partial charge in [-0.3, -0.25) is 14.2 Å². The normalized spacial score (nSPS) is 17.3. The van der Waals surface area contributed by atoms with Crippen LogP contribution in [0.4, 0.5) is 0 Å². The molecular formula is C23H34N4O3. The topological polar surface area (TPSA) is 87.2 Å². The summed E-state index contributed by atoms with van der Waals surface area (Å²) in [6.45, 7) is 7.50. The summed E-state index contributed by atoms with van der Waals surface area (Å²) in [7, 11) is 0. The molecule has 0 saturated carbocycles. The maximum absolute atomic E-state index is 12.7. The Labute approximate surface area is 177 Å². The number of unbranched alkanes of at least 4 members (excludes halogenated alkanes) is 2. The van der Waals surface area contributed by atoms with E-state index in [1.54, 1.807) is 18.2 Å². The maximum Gasteiger partial charge on any atom is 0.328 e. The fourth-order valence-corrected chi connectivity index (χ4v) is 4.19. The highest BCUT2D eigenvalue weighted by molar-refractivity contribution is 5.97. The van der Waals surface area contributed by atoms with Crippen LogP contribution in [0.15, 0.2) is 27.8 Å². The van der Waals surface area contributed by atoms with Crippen LogP contribution in [-0.4, -0.2) is 46.0 Å². The van der Waals surface area contributed by atoms with Crippen LogP contribution in [0.25, 0.3) is 10.9 Å². The van der Waals surface area contributed by atoms with Gasteiger partial charge in [0.15, 0.2) is 0 Å². The van der Waals surface area contributed by atoms with Crippen molar-refractivity contribution in [2.24, 2.45) is 0 Å². The zero-order valence-corrected chi connectivity index (χ0v) is 18.2. The molecule has 1 aliphatic heterocycles. The van der Waals surface area contributed by atoms with E-state index in [1.165, 1.54) is 23.8 Å². The first-order valence-corrected chi connectivity index (χ1v) is 11.3. The van der Waals surface area contributed by atoms with Gasteiger partial charge in [0, 0.05) is 31.2 Å². The summed E-state index contributed by atoms with van der Waals surface area (Å²) < 4.78 is 1.25. The number of aromatic amines is 1. The monoisotopic (exact) mass is 414 g/mol. The highest BCUT2D eigenvalue weighted by atomic mass is 16.2. The third kappa shape index (κ3) is 5.39. The van der Waals surface area contributed by atoms with Crippen LogP contribution in [-0.2, 0) is 6.54 Å². The molecule has 1 atom stereocenters. The second-order valence-electron chi connectivity index (χ2n) is 8.34. The van der Waals surface area contributed by atoms with Crippen molar-refractivity contribution < 1.29 is 4.79 Å². The molecule has 0 bridgehead atoms. The minimum Gasteiger partial charge on any atom is -0.352 e. The summed E-state index contributed by atoms with van der Waals surface area (Å²) in [6.07, 6.45) is 7.51. The maximum atomic E-state index is 12.7. The third-order valence-electron chi connectivity index (χ3n) is 6.08. The molecule has 2 aromatic rings. The molecule has 1 aliphatic rings. The zero-order valence-electron chi connectivity index (χ0n) is 18.2. The van der Waals surface area contributed by atoms with Crippen LogP contribution in [0.3, 0.4) is 0 Å². The van der Waals surface area contributed by atoms with Crippen molar-refractivity contribution in [1.82, 2.24) is 19.8 Å². The number of carbonyl (C=O) groups is 1. The molecule has 30 heavy (non-hydrogen) atoms. The lowest BCUT2D eigenvalue weighted by Gasteiger charge is -2.33. The van der Waals surface area contributed by atoms with Crippen molar-refractivity contribution in [2.45, 2.75) is 71.4 Å². The van der Waals surface area contributed by atoms with E-state index in [2.05, 4.69) is 29.0 Å². The predicted octanol–water partition coefficient (Wildman–Crippen LogP) is 2.87. The van der Waals surface area contributed by atoms with Crippen molar-refractivity contribution >= 4 is 16.8 Å². The van der Waals surface area contributed by atoms with E-state index in [1.807, 2.05) is 0 Å². The number of carbonyl (C=O) groups excluding carboxylic acids is 1. The van der Waals surface area contributed by atoms with Crippen LogP contribution in [0.1, 0.15) is 69.2 Å². The van der Waals surface area contributed by atoms with Crippen molar-refractivity contribution in [1.29, 1.82) is 0 Å². The molecule has 0 spiro atoms. The fraction of sp³-hybridized carbons (Fsp3) is 0.609. The fourth-order valence-electron chi connectivity index (χ4n) is 4.19. The zero-order chi connectivity index (χ0) is 21.5. The van der Waals surface area contributed by atoms with Gasteiger partial charge in [0.1, 0.15) is 0 Å². The Morgan fingerprint density at radius 3 is 2.77 bits per heavy atom. The molecule has 7 nitrogen and oxygen atoms in total. The minimum absolute atomic E-state index is 0.184. The highest BCUT2D eigenvalue weighted by Gasteiger charge is 2.17. The first kappa shape index (κ1) is 22.3. The summed E-state index contributed by atoms with van der Waals surface area (Å²) in [4.78, 5) is 42.7. The summed E-state index contributed by atoms with van der Waals surface area (Å²) >= 11 is 0. The van der Waals surface area contributed by atoms with Gasteiger partial charge in [-0.1, -0.05) is 26.2 Å². The molecule has 0 radical (unpaired) electrons. The standard InChI is InChI=1S/C23H34N4O3/c1-3-4-6-15-27-22(29)19-11-10-18(16-20(19)25-23(27)30)21(28)24-12-8-14-26-13-7-5-9-17(26)2/h10-11,16-17H,3-9,12-15H2,1-2H3,(H,24,28)(H,25,30)/t17-/m0/s1. The molecule has 3 rings (SSSR count). The quantitative estimate of drug-likeness (QED) is 0.618. The Kier molecular flexibility index (Phi) is 7.85. The van der Waals surface area contributed by atoms with Crippen LogP contribution in [0, 0.1) is 0 Å². The van der Waals surface area contributed by atoms with Crippen LogP contribution >= 0.6 is 0 Å². The molecule has 2 heterocycles. The lowest BCUT2D eigenvalue weighted by molar-refractivity contribution is 0.0949. The molecule has 1 aromatic carbocycles. The van der Waals surface area contributed by atoms with Gasteiger partial charge in [-0.25, -0.2) is 4.79 Å². The Hall–Kier alpha value is -2.41. The molecule has 1 aromatic heterocycles. The Bertz CT molecular complexity index is 979. The number of nitrogens with zero attached hydrogens (tertiary/aromatic N) is 2. The molecular weight excluding hydrogens is 380 g/mol.